The molecule has 1 N–H and O–H groups in total. The van der Waals surface area contributed by atoms with Crippen molar-refractivity contribution >= 4 is 17.3 Å². The summed E-state index contributed by atoms with van der Waals surface area (Å²) < 4.78 is 0. The molecular weight excluding hydrogens is 296 g/mol. The van der Waals surface area contributed by atoms with E-state index >= 15 is 0 Å². The molecule has 0 aromatic carbocycles. The van der Waals surface area contributed by atoms with E-state index in [1.807, 2.05) is 0 Å². The molecule has 0 saturated carbocycles. The summed E-state index contributed by atoms with van der Waals surface area (Å²) in [5.41, 5.74) is 0.810. The summed E-state index contributed by atoms with van der Waals surface area (Å²) in [6, 6.07) is 0. The summed E-state index contributed by atoms with van der Waals surface area (Å²) in [5, 5.41) is 10.4. The Morgan fingerprint density at radius 2 is 2.18 bits per heavy atom. The van der Waals surface area contributed by atoms with Gasteiger partial charge in [0.15, 0.2) is 0 Å². The zero-order valence-electron chi connectivity index (χ0n) is 14.0. The number of carboxylic acids is 1. The molecule has 2 heterocycles. The molecule has 5 heteroatoms. The van der Waals surface area contributed by atoms with Gasteiger partial charge in [0.2, 0.25) is 0 Å². The van der Waals surface area contributed by atoms with Crippen molar-refractivity contribution in [2.75, 3.05) is 19.6 Å². The van der Waals surface area contributed by atoms with Crippen LogP contribution in [0.5, 0.6) is 0 Å². The van der Waals surface area contributed by atoms with Crippen LogP contribution in [0.4, 0.5) is 0 Å². The number of likely N-dealkylation sites (tertiary alicyclic amines) is 1. The van der Waals surface area contributed by atoms with Crippen molar-refractivity contribution in [3.8, 4) is 0 Å². The van der Waals surface area contributed by atoms with Gasteiger partial charge in [-0.2, -0.15) is 0 Å². The van der Waals surface area contributed by atoms with Crippen LogP contribution in [0.1, 0.15) is 72.7 Å². The van der Waals surface area contributed by atoms with Gasteiger partial charge < -0.3 is 10.0 Å². The largest absolute Gasteiger partial charge is 0.477 e. The van der Waals surface area contributed by atoms with E-state index < -0.39 is 5.97 Å². The van der Waals surface area contributed by atoms with Crippen LogP contribution in [-0.2, 0) is 6.42 Å². The topological polar surface area (TPSA) is 53.4 Å². The maximum Gasteiger partial charge on any atom is 0.347 e. The molecule has 22 heavy (non-hydrogen) atoms. The van der Waals surface area contributed by atoms with Crippen molar-refractivity contribution in [2.24, 2.45) is 5.92 Å². The summed E-state index contributed by atoms with van der Waals surface area (Å²) >= 11 is 1.38. The van der Waals surface area contributed by atoms with Crippen LogP contribution in [0.3, 0.4) is 0 Å². The van der Waals surface area contributed by atoms with Crippen LogP contribution in [0.25, 0.3) is 0 Å². The third kappa shape index (κ3) is 4.29. The SMILES string of the molecule is CCC(CC)c1nc(CCN2CCCC(C)C2)sc1C(=O)O. The number of hydrogen-bond acceptors (Lipinski definition) is 4. The number of rotatable bonds is 7. The molecule has 1 fully saturated rings. The zero-order valence-corrected chi connectivity index (χ0v) is 14.8. The van der Waals surface area contributed by atoms with Crippen molar-refractivity contribution in [2.45, 2.75) is 58.8 Å². The first-order valence-corrected chi connectivity index (χ1v) is 9.32. The summed E-state index contributed by atoms with van der Waals surface area (Å²) in [4.78, 5) is 19.1. The molecule has 124 valence electrons. The van der Waals surface area contributed by atoms with Crippen molar-refractivity contribution in [3.05, 3.63) is 15.6 Å². The van der Waals surface area contributed by atoms with Crippen LogP contribution < -0.4 is 0 Å². The monoisotopic (exact) mass is 324 g/mol. The highest BCUT2D eigenvalue weighted by atomic mass is 32.1. The fraction of sp³-hybridized carbons (Fsp3) is 0.765. The molecular formula is C17H28N2O2S. The number of piperidine rings is 1. The highest BCUT2D eigenvalue weighted by Crippen LogP contribution is 2.30. The van der Waals surface area contributed by atoms with Crippen LogP contribution >= 0.6 is 11.3 Å². The van der Waals surface area contributed by atoms with E-state index in [9.17, 15) is 9.90 Å². The first-order chi connectivity index (χ1) is 10.5. The molecule has 0 spiro atoms. The molecule has 1 aliphatic rings. The quantitative estimate of drug-likeness (QED) is 0.823. The molecule has 4 nitrogen and oxygen atoms in total. The molecule has 0 bridgehead atoms. The molecule has 0 radical (unpaired) electrons. The van der Waals surface area contributed by atoms with Gasteiger partial charge in [-0.05, 0) is 38.1 Å². The van der Waals surface area contributed by atoms with Crippen LogP contribution in [0.2, 0.25) is 0 Å². The van der Waals surface area contributed by atoms with Gasteiger partial charge in [0.1, 0.15) is 4.88 Å². The molecule has 1 atom stereocenters. The Morgan fingerprint density at radius 1 is 1.45 bits per heavy atom. The molecule has 1 aromatic rings. The van der Waals surface area contributed by atoms with Gasteiger partial charge in [0.25, 0.3) is 0 Å². The number of thiazole rings is 1. The molecule has 1 aliphatic heterocycles. The van der Waals surface area contributed by atoms with Gasteiger partial charge in [-0.15, -0.1) is 11.3 Å². The summed E-state index contributed by atoms with van der Waals surface area (Å²) in [5.74, 6) is 0.225. The number of nitrogens with zero attached hydrogens (tertiary/aromatic N) is 2. The minimum Gasteiger partial charge on any atom is -0.477 e. The molecule has 2 rings (SSSR count). The van der Waals surface area contributed by atoms with E-state index in [1.54, 1.807) is 0 Å². The average Bonchev–Trinajstić information content (AvgIpc) is 2.91. The molecule has 0 aliphatic carbocycles. The van der Waals surface area contributed by atoms with Crippen LogP contribution in [-0.4, -0.2) is 40.6 Å². The smallest absolute Gasteiger partial charge is 0.347 e. The Labute approximate surface area is 137 Å². The lowest BCUT2D eigenvalue weighted by Gasteiger charge is -2.30. The van der Waals surface area contributed by atoms with Gasteiger partial charge in [-0.1, -0.05) is 20.8 Å². The second kappa shape index (κ2) is 8.06. The van der Waals surface area contributed by atoms with Crippen molar-refractivity contribution < 1.29 is 9.90 Å². The van der Waals surface area contributed by atoms with Crippen molar-refractivity contribution in [1.82, 2.24) is 9.88 Å². The van der Waals surface area contributed by atoms with Crippen LogP contribution in [0.15, 0.2) is 0 Å². The first kappa shape index (κ1) is 17.4. The Balaban J connectivity index is 2.04. The number of carboxylic acid groups (broad SMARTS) is 1. The Bertz CT molecular complexity index is 497. The molecule has 1 aromatic heterocycles. The number of aromatic nitrogens is 1. The average molecular weight is 324 g/mol. The van der Waals surface area contributed by atoms with Crippen molar-refractivity contribution in [3.63, 3.8) is 0 Å². The van der Waals surface area contributed by atoms with E-state index in [4.69, 9.17) is 0 Å². The minimum atomic E-state index is -0.822. The first-order valence-electron chi connectivity index (χ1n) is 8.50. The maximum absolute atomic E-state index is 11.5. The highest BCUT2D eigenvalue weighted by molar-refractivity contribution is 7.13. The minimum absolute atomic E-state index is 0.270. The summed E-state index contributed by atoms with van der Waals surface area (Å²) in [7, 11) is 0. The highest BCUT2D eigenvalue weighted by Gasteiger charge is 2.23. The maximum atomic E-state index is 11.5. The van der Waals surface area contributed by atoms with Crippen molar-refractivity contribution in [1.29, 1.82) is 0 Å². The van der Waals surface area contributed by atoms with Crippen LogP contribution in [0, 0.1) is 5.92 Å². The number of aromatic carboxylic acids is 1. The normalized spacial score (nSPS) is 19.7. The second-order valence-corrected chi connectivity index (χ2v) is 7.52. The van der Waals surface area contributed by atoms with E-state index in [-0.39, 0.29) is 5.92 Å². The lowest BCUT2D eigenvalue weighted by Crippen LogP contribution is -2.35. The predicted molar refractivity (Wildman–Crippen MR) is 90.9 cm³/mol. The number of carbonyl (C=O) groups is 1. The van der Waals surface area contributed by atoms with E-state index in [2.05, 4.69) is 30.7 Å². The molecule has 0 amide bonds. The summed E-state index contributed by atoms with van der Waals surface area (Å²) in [6.45, 7) is 9.85. The molecule has 1 unspecified atom stereocenters. The third-order valence-electron chi connectivity index (χ3n) is 4.65. The second-order valence-electron chi connectivity index (χ2n) is 6.44. The van der Waals surface area contributed by atoms with Gasteiger partial charge in [-0.25, -0.2) is 9.78 Å². The van der Waals surface area contributed by atoms with Gasteiger partial charge in [0.05, 0.1) is 10.7 Å². The standard InChI is InChI=1S/C17H28N2O2S/c1-4-13(5-2)15-16(17(20)21)22-14(18-15)8-10-19-9-6-7-12(3)11-19/h12-13H,4-11H2,1-3H3,(H,20,21). The van der Waals surface area contributed by atoms with Gasteiger partial charge >= 0.3 is 5.97 Å². The summed E-state index contributed by atoms with van der Waals surface area (Å²) in [6.07, 6.45) is 5.37. The Kier molecular flexibility index (Phi) is 6.38. The fourth-order valence-corrected chi connectivity index (χ4v) is 4.31. The van der Waals surface area contributed by atoms with E-state index in [0.29, 0.717) is 4.88 Å². The lowest BCUT2D eigenvalue weighted by molar-refractivity contribution is 0.0700. The number of hydrogen-bond donors (Lipinski definition) is 1. The molecule has 1 saturated heterocycles. The van der Waals surface area contributed by atoms with Gasteiger partial charge in [0, 0.05) is 25.4 Å². The third-order valence-corrected chi connectivity index (χ3v) is 5.77. The van der Waals surface area contributed by atoms with E-state index in [1.165, 1.54) is 30.7 Å². The predicted octanol–water partition coefficient (Wildman–Crippen LogP) is 4.02. The van der Waals surface area contributed by atoms with Gasteiger partial charge in [-0.3, -0.25) is 0 Å². The lowest BCUT2D eigenvalue weighted by atomic mass is 9.98. The zero-order chi connectivity index (χ0) is 16.1. The Morgan fingerprint density at radius 3 is 2.77 bits per heavy atom. The van der Waals surface area contributed by atoms with E-state index in [0.717, 1.165) is 49.0 Å². The fourth-order valence-electron chi connectivity index (χ4n) is 3.33. The Hall–Kier alpha value is -0.940.